The van der Waals surface area contributed by atoms with Gasteiger partial charge in [0.25, 0.3) is 0 Å². The Balaban J connectivity index is 2.62. The molecule has 0 atom stereocenters. The third-order valence-electron chi connectivity index (χ3n) is 2.33. The molecule has 0 aliphatic carbocycles. The van der Waals surface area contributed by atoms with Crippen molar-refractivity contribution in [1.29, 1.82) is 0 Å². The van der Waals surface area contributed by atoms with Gasteiger partial charge in [0.05, 0.1) is 21.6 Å². The molecule has 0 spiro atoms. The highest BCUT2D eigenvalue weighted by atomic mass is 35.5. The summed E-state index contributed by atoms with van der Waals surface area (Å²) < 4.78 is 5.39. The number of rotatable bonds is 7. The van der Waals surface area contributed by atoms with Crippen molar-refractivity contribution in [3.63, 3.8) is 0 Å². The Morgan fingerprint density at radius 1 is 1.37 bits per heavy atom. The fourth-order valence-electron chi connectivity index (χ4n) is 1.42. The number of nitro benzene ring substituents is 1. The van der Waals surface area contributed by atoms with Crippen LogP contribution in [0.1, 0.15) is 20.3 Å². The molecule has 0 bridgehead atoms. The monoisotopic (exact) mass is 306 g/mol. The number of halogens is 2. The summed E-state index contributed by atoms with van der Waals surface area (Å²) in [5.41, 5.74) is -0.175. The van der Waals surface area contributed by atoms with Gasteiger partial charge in [-0.25, -0.2) is 0 Å². The second-order valence-electron chi connectivity index (χ2n) is 4.30. The summed E-state index contributed by atoms with van der Waals surface area (Å²) in [5, 5.41) is 14.5. The second kappa shape index (κ2) is 7.53. The van der Waals surface area contributed by atoms with E-state index < -0.39 is 4.92 Å². The summed E-state index contributed by atoms with van der Waals surface area (Å²) in [6.45, 7) is 5.25. The Morgan fingerprint density at radius 3 is 2.58 bits per heavy atom. The molecule has 7 heteroatoms. The van der Waals surface area contributed by atoms with Crippen molar-refractivity contribution in [3.05, 3.63) is 32.3 Å². The molecule has 0 heterocycles. The van der Waals surface area contributed by atoms with Crippen LogP contribution in [0.25, 0.3) is 0 Å². The molecule has 1 N–H and O–H groups in total. The van der Waals surface area contributed by atoms with E-state index in [2.05, 4.69) is 5.32 Å². The Morgan fingerprint density at radius 2 is 2.00 bits per heavy atom. The molecular weight excluding hydrogens is 291 g/mol. The second-order valence-corrected chi connectivity index (χ2v) is 5.12. The lowest BCUT2D eigenvalue weighted by Crippen LogP contribution is -2.24. The predicted octanol–water partition coefficient (Wildman–Crippen LogP) is 3.67. The van der Waals surface area contributed by atoms with Crippen LogP contribution in [0.5, 0.6) is 5.75 Å². The zero-order chi connectivity index (χ0) is 14.4. The van der Waals surface area contributed by atoms with E-state index in [4.69, 9.17) is 27.9 Å². The summed E-state index contributed by atoms with van der Waals surface area (Å²) in [7, 11) is 0. The van der Waals surface area contributed by atoms with Gasteiger partial charge in [0.15, 0.2) is 5.75 Å². The molecule has 19 heavy (non-hydrogen) atoms. The maximum atomic E-state index is 10.9. The van der Waals surface area contributed by atoms with Gasteiger partial charge >= 0.3 is 5.69 Å². The van der Waals surface area contributed by atoms with Gasteiger partial charge in [-0.2, -0.15) is 0 Å². The van der Waals surface area contributed by atoms with Crippen molar-refractivity contribution in [2.75, 3.05) is 13.2 Å². The molecule has 1 aromatic carbocycles. The molecule has 0 unspecified atom stereocenters. The van der Waals surface area contributed by atoms with E-state index in [9.17, 15) is 10.1 Å². The molecule has 5 nitrogen and oxygen atoms in total. The normalized spacial score (nSPS) is 10.8. The van der Waals surface area contributed by atoms with Crippen LogP contribution < -0.4 is 10.1 Å². The van der Waals surface area contributed by atoms with E-state index in [0.717, 1.165) is 13.0 Å². The fraction of sp³-hybridized carbons (Fsp3) is 0.500. The van der Waals surface area contributed by atoms with Crippen molar-refractivity contribution in [2.24, 2.45) is 0 Å². The summed E-state index contributed by atoms with van der Waals surface area (Å²) in [6.07, 6.45) is 0.746. The third-order valence-corrected chi connectivity index (χ3v) is 3.05. The van der Waals surface area contributed by atoms with E-state index in [-0.39, 0.29) is 21.5 Å². The molecule has 0 aliphatic heterocycles. The number of benzene rings is 1. The molecule has 0 fully saturated rings. The molecule has 106 valence electrons. The highest BCUT2D eigenvalue weighted by Gasteiger charge is 2.18. The van der Waals surface area contributed by atoms with Crippen LogP contribution in [0.15, 0.2) is 12.1 Å². The lowest BCUT2D eigenvalue weighted by Gasteiger charge is -2.10. The van der Waals surface area contributed by atoms with Crippen molar-refractivity contribution in [1.82, 2.24) is 5.32 Å². The zero-order valence-electron chi connectivity index (χ0n) is 10.8. The van der Waals surface area contributed by atoms with E-state index >= 15 is 0 Å². The van der Waals surface area contributed by atoms with Gasteiger partial charge in [0, 0.05) is 18.2 Å². The quantitative estimate of drug-likeness (QED) is 0.474. The van der Waals surface area contributed by atoms with Gasteiger partial charge in [0.1, 0.15) is 0 Å². The standard InChI is InChI=1S/C12H16Cl2N2O3/c1-8(2)15-4-3-5-19-12-7-10(14)9(13)6-11(12)16(17)18/h6-8,15H,3-5H2,1-2H3. The average molecular weight is 307 g/mol. The zero-order valence-corrected chi connectivity index (χ0v) is 12.3. The van der Waals surface area contributed by atoms with Crippen LogP contribution >= 0.6 is 23.2 Å². The van der Waals surface area contributed by atoms with Crippen LogP contribution in [0.3, 0.4) is 0 Å². The van der Waals surface area contributed by atoms with Gasteiger partial charge < -0.3 is 10.1 Å². The van der Waals surface area contributed by atoms with Crippen molar-refractivity contribution >= 4 is 28.9 Å². The fourth-order valence-corrected chi connectivity index (χ4v) is 1.73. The van der Waals surface area contributed by atoms with Crippen LogP contribution in [0, 0.1) is 10.1 Å². The molecule has 0 saturated heterocycles. The van der Waals surface area contributed by atoms with Gasteiger partial charge in [0.2, 0.25) is 0 Å². The average Bonchev–Trinajstić information content (AvgIpc) is 2.32. The number of ether oxygens (including phenoxy) is 1. The minimum atomic E-state index is -0.538. The van der Waals surface area contributed by atoms with Crippen LogP contribution in [-0.2, 0) is 0 Å². The SMILES string of the molecule is CC(C)NCCCOc1cc(Cl)c(Cl)cc1[N+](=O)[O-]. The van der Waals surface area contributed by atoms with Crippen molar-refractivity contribution in [3.8, 4) is 5.75 Å². The molecule has 0 aromatic heterocycles. The Kier molecular flexibility index (Phi) is 6.34. The number of hydrogen-bond acceptors (Lipinski definition) is 4. The first-order valence-corrected chi connectivity index (χ1v) is 6.67. The van der Waals surface area contributed by atoms with Crippen molar-refractivity contribution < 1.29 is 9.66 Å². The van der Waals surface area contributed by atoms with Crippen LogP contribution in [0.2, 0.25) is 10.0 Å². The van der Waals surface area contributed by atoms with Gasteiger partial charge in [-0.3, -0.25) is 10.1 Å². The molecular formula is C12H16Cl2N2O3. The minimum absolute atomic E-state index is 0.141. The lowest BCUT2D eigenvalue weighted by atomic mass is 10.3. The first kappa shape index (κ1) is 16.0. The summed E-state index contributed by atoms with van der Waals surface area (Å²) in [5.74, 6) is 0.143. The van der Waals surface area contributed by atoms with Gasteiger partial charge in [-0.15, -0.1) is 0 Å². The third kappa shape index (κ3) is 5.22. The lowest BCUT2D eigenvalue weighted by molar-refractivity contribution is -0.385. The summed E-state index contributed by atoms with van der Waals surface area (Å²) >= 11 is 11.6. The van der Waals surface area contributed by atoms with E-state index in [1.165, 1.54) is 12.1 Å². The number of nitrogens with zero attached hydrogens (tertiary/aromatic N) is 1. The highest BCUT2D eigenvalue weighted by molar-refractivity contribution is 6.42. The number of hydrogen-bond donors (Lipinski definition) is 1. The molecule has 0 radical (unpaired) electrons. The first-order valence-electron chi connectivity index (χ1n) is 5.91. The predicted molar refractivity (Wildman–Crippen MR) is 76.4 cm³/mol. The number of nitrogens with one attached hydrogen (secondary N) is 1. The topological polar surface area (TPSA) is 64.4 Å². The largest absolute Gasteiger partial charge is 0.487 e. The Labute approximate surface area is 122 Å². The first-order chi connectivity index (χ1) is 8.91. The molecule has 0 amide bonds. The van der Waals surface area contributed by atoms with Gasteiger partial charge in [-0.05, 0) is 13.0 Å². The van der Waals surface area contributed by atoms with Crippen molar-refractivity contribution in [2.45, 2.75) is 26.3 Å². The highest BCUT2D eigenvalue weighted by Crippen LogP contribution is 2.35. The smallest absolute Gasteiger partial charge is 0.312 e. The Hall–Kier alpha value is -1.04. The maximum Gasteiger partial charge on any atom is 0.312 e. The van der Waals surface area contributed by atoms with E-state index in [0.29, 0.717) is 12.6 Å². The number of nitro groups is 1. The molecule has 1 rings (SSSR count). The van der Waals surface area contributed by atoms with Gasteiger partial charge in [-0.1, -0.05) is 37.0 Å². The summed E-state index contributed by atoms with van der Waals surface area (Å²) in [4.78, 5) is 10.3. The molecule has 1 aromatic rings. The maximum absolute atomic E-state index is 10.9. The van der Waals surface area contributed by atoms with E-state index in [1.807, 2.05) is 13.8 Å². The van der Waals surface area contributed by atoms with Crippen LogP contribution in [0.4, 0.5) is 5.69 Å². The molecule has 0 saturated carbocycles. The summed E-state index contributed by atoms with van der Waals surface area (Å²) in [6, 6.07) is 2.98. The van der Waals surface area contributed by atoms with E-state index in [1.54, 1.807) is 0 Å². The molecule has 0 aliphatic rings. The Bertz CT molecular complexity index is 453. The van der Waals surface area contributed by atoms with Crippen LogP contribution in [-0.4, -0.2) is 24.1 Å². The minimum Gasteiger partial charge on any atom is -0.487 e.